The van der Waals surface area contributed by atoms with Gasteiger partial charge >= 0.3 is 0 Å². The van der Waals surface area contributed by atoms with Gasteiger partial charge in [0.05, 0.1) is 18.7 Å². The Hall–Kier alpha value is -1.55. The van der Waals surface area contributed by atoms with E-state index in [9.17, 15) is 9.59 Å². The van der Waals surface area contributed by atoms with Crippen LogP contribution in [0, 0.1) is 0 Å². The molecule has 1 rings (SSSR count). The largest absolute Gasteiger partial charge is 0.390 e. The Balaban J connectivity index is 2.87. The Bertz CT molecular complexity index is 322. The van der Waals surface area contributed by atoms with Gasteiger partial charge in [-0.15, -0.1) is 0 Å². The number of hydrogen-bond acceptors (Lipinski definition) is 4. The van der Waals surface area contributed by atoms with E-state index >= 15 is 0 Å². The number of carbonyl (C=O) groups is 2. The molecule has 4 nitrogen and oxygen atoms in total. The normalized spacial score (nSPS) is 9.62. The zero-order valence-corrected chi connectivity index (χ0v) is 6.93. The zero-order valence-electron chi connectivity index (χ0n) is 6.93. The summed E-state index contributed by atoms with van der Waals surface area (Å²) in [6.45, 7) is -0.206. The van der Waals surface area contributed by atoms with Crippen molar-refractivity contribution in [1.29, 1.82) is 0 Å². The number of ketones is 1. The maximum atomic E-state index is 11.1. The molecular formula is C9H9NO3. The summed E-state index contributed by atoms with van der Waals surface area (Å²) in [6.07, 6.45) is 0.373. The Kier molecular flexibility index (Phi) is 3.28. The van der Waals surface area contributed by atoms with Crippen LogP contribution in [0.25, 0.3) is 0 Å². The van der Waals surface area contributed by atoms with Crippen molar-refractivity contribution in [1.82, 2.24) is 4.98 Å². The van der Waals surface area contributed by atoms with Crippen molar-refractivity contribution in [2.24, 2.45) is 0 Å². The fourth-order valence-corrected chi connectivity index (χ4v) is 0.903. The van der Waals surface area contributed by atoms with E-state index in [0.29, 0.717) is 12.0 Å². The standard InChI is InChI=1S/C9H9NO3/c11-5-4-9(13)8-3-1-2-7(6-12)10-8/h1-3,5,12H,4,6H2. The van der Waals surface area contributed by atoms with Gasteiger partial charge in [-0.05, 0) is 12.1 Å². The quantitative estimate of drug-likeness (QED) is 0.411. The number of rotatable bonds is 4. The van der Waals surface area contributed by atoms with Gasteiger partial charge in [-0.3, -0.25) is 4.79 Å². The lowest BCUT2D eigenvalue weighted by atomic mass is 10.2. The second-order valence-corrected chi connectivity index (χ2v) is 2.47. The van der Waals surface area contributed by atoms with Crippen LogP contribution in [-0.2, 0) is 11.4 Å². The fraction of sp³-hybridized carbons (Fsp3) is 0.222. The third-order valence-corrected chi connectivity index (χ3v) is 1.52. The molecule has 0 saturated carbocycles. The smallest absolute Gasteiger partial charge is 0.188 e. The second kappa shape index (κ2) is 4.47. The molecule has 0 aliphatic rings. The highest BCUT2D eigenvalue weighted by Crippen LogP contribution is 2.01. The molecule has 0 radical (unpaired) electrons. The molecule has 68 valence electrons. The Morgan fingerprint density at radius 3 is 2.92 bits per heavy atom. The molecule has 13 heavy (non-hydrogen) atoms. The minimum atomic E-state index is -0.328. The van der Waals surface area contributed by atoms with Crippen LogP contribution in [0.15, 0.2) is 18.2 Å². The average Bonchev–Trinajstić information content (AvgIpc) is 2.18. The van der Waals surface area contributed by atoms with Crippen molar-refractivity contribution in [2.45, 2.75) is 13.0 Å². The van der Waals surface area contributed by atoms with Crippen molar-refractivity contribution in [2.75, 3.05) is 0 Å². The molecule has 0 spiro atoms. The van der Waals surface area contributed by atoms with Gasteiger partial charge in [0.1, 0.15) is 12.0 Å². The van der Waals surface area contributed by atoms with Crippen LogP contribution < -0.4 is 0 Å². The Morgan fingerprint density at radius 1 is 1.54 bits per heavy atom. The topological polar surface area (TPSA) is 67.3 Å². The summed E-state index contributed by atoms with van der Waals surface area (Å²) < 4.78 is 0. The molecule has 1 heterocycles. The highest BCUT2D eigenvalue weighted by Gasteiger charge is 2.06. The monoisotopic (exact) mass is 179 g/mol. The van der Waals surface area contributed by atoms with E-state index in [4.69, 9.17) is 5.11 Å². The number of hydrogen-bond donors (Lipinski definition) is 1. The van der Waals surface area contributed by atoms with Crippen LogP contribution in [-0.4, -0.2) is 22.2 Å². The van der Waals surface area contributed by atoms with E-state index in [2.05, 4.69) is 4.98 Å². The number of aromatic nitrogens is 1. The molecule has 0 unspecified atom stereocenters. The third kappa shape index (κ3) is 2.45. The molecule has 0 aromatic carbocycles. The molecule has 0 saturated heterocycles. The van der Waals surface area contributed by atoms with Gasteiger partial charge < -0.3 is 9.90 Å². The number of Topliss-reactive ketones (excluding diaryl/α,β-unsaturated/α-hetero) is 1. The summed E-state index contributed by atoms with van der Waals surface area (Å²) in [7, 11) is 0. The van der Waals surface area contributed by atoms with Gasteiger partial charge in [0.25, 0.3) is 0 Å². The predicted octanol–water partition coefficient (Wildman–Crippen LogP) is 0.346. The molecule has 0 aliphatic carbocycles. The van der Waals surface area contributed by atoms with Crippen LogP contribution in [0.1, 0.15) is 22.6 Å². The number of aliphatic hydroxyl groups excluding tert-OH is 1. The Labute approximate surface area is 75.2 Å². The summed E-state index contributed by atoms with van der Waals surface area (Å²) in [6, 6.07) is 4.75. The first-order chi connectivity index (χ1) is 6.27. The van der Waals surface area contributed by atoms with E-state index in [1.807, 2.05) is 0 Å². The average molecular weight is 179 g/mol. The summed E-state index contributed by atoms with van der Waals surface area (Å²) in [5.74, 6) is -0.328. The highest BCUT2D eigenvalue weighted by molar-refractivity contribution is 6.01. The molecule has 1 aromatic rings. The van der Waals surface area contributed by atoms with Gasteiger partial charge in [-0.1, -0.05) is 6.07 Å². The summed E-state index contributed by atoms with van der Waals surface area (Å²) in [4.78, 5) is 25.0. The number of nitrogens with zero attached hydrogens (tertiary/aromatic N) is 1. The molecular weight excluding hydrogens is 170 g/mol. The van der Waals surface area contributed by atoms with E-state index in [0.717, 1.165) is 0 Å². The van der Waals surface area contributed by atoms with Crippen LogP contribution in [0.3, 0.4) is 0 Å². The maximum absolute atomic E-state index is 11.1. The number of aldehydes is 1. The van der Waals surface area contributed by atoms with Gasteiger partial charge in [0.15, 0.2) is 5.78 Å². The van der Waals surface area contributed by atoms with Crippen molar-refractivity contribution < 1.29 is 14.7 Å². The number of carbonyl (C=O) groups excluding carboxylic acids is 2. The molecule has 1 N–H and O–H groups in total. The lowest BCUT2D eigenvalue weighted by molar-refractivity contribution is -0.107. The van der Waals surface area contributed by atoms with Crippen molar-refractivity contribution in [3.8, 4) is 0 Å². The Morgan fingerprint density at radius 2 is 2.31 bits per heavy atom. The number of aliphatic hydroxyl groups is 1. The highest BCUT2D eigenvalue weighted by atomic mass is 16.3. The van der Waals surface area contributed by atoms with Crippen molar-refractivity contribution >= 4 is 12.1 Å². The van der Waals surface area contributed by atoms with E-state index in [1.54, 1.807) is 12.1 Å². The number of pyridine rings is 1. The van der Waals surface area contributed by atoms with E-state index in [-0.39, 0.29) is 24.5 Å². The molecule has 0 fully saturated rings. The SMILES string of the molecule is O=CCC(=O)c1cccc(CO)n1. The van der Waals surface area contributed by atoms with Crippen LogP contribution in [0.2, 0.25) is 0 Å². The summed E-state index contributed by atoms with van der Waals surface area (Å²) in [5.41, 5.74) is 0.649. The molecule has 4 heteroatoms. The molecule has 0 aliphatic heterocycles. The van der Waals surface area contributed by atoms with E-state index in [1.165, 1.54) is 6.07 Å². The lowest BCUT2D eigenvalue weighted by Gasteiger charge is -1.98. The summed E-state index contributed by atoms with van der Waals surface area (Å²) >= 11 is 0. The molecule has 1 aromatic heterocycles. The minimum Gasteiger partial charge on any atom is -0.390 e. The van der Waals surface area contributed by atoms with Gasteiger partial charge in [-0.2, -0.15) is 0 Å². The van der Waals surface area contributed by atoms with Gasteiger partial charge in [0.2, 0.25) is 0 Å². The summed E-state index contributed by atoms with van der Waals surface area (Å²) in [5, 5.41) is 8.73. The van der Waals surface area contributed by atoms with Gasteiger partial charge in [0, 0.05) is 0 Å². The van der Waals surface area contributed by atoms with Crippen LogP contribution in [0.4, 0.5) is 0 Å². The molecule has 0 bridgehead atoms. The maximum Gasteiger partial charge on any atom is 0.188 e. The van der Waals surface area contributed by atoms with Crippen LogP contribution >= 0.6 is 0 Å². The van der Waals surface area contributed by atoms with Crippen molar-refractivity contribution in [3.63, 3.8) is 0 Å². The second-order valence-electron chi connectivity index (χ2n) is 2.47. The van der Waals surface area contributed by atoms with E-state index < -0.39 is 0 Å². The van der Waals surface area contributed by atoms with Crippen molar-refractivity contribution in [3.05, 3.63) is 29.6 Å². The van der Waals surface area contributed by atoms with Gasteiger partial charge in [-0.25, -0.2) is 4.98 Å². The van der Waals surface area contributed by atoms with Crippen LogP contribution in [0.5, 0.6) is 0 Å². The minimum absolute atomic E-state index is 0.165. The zero-order chi connectivity index (χ0) is 9.68. The molecule has 0 atom stereocenters. The third-order valence-electron chi connectivity index (χ3n) is 1.52. The first kappa shape index (κ1) is 9.54. The predicted molar refractivity (Wildman–Crippen MR) is 45.2 cm³/mol. The first-order valence-electron chi connectivity index (χ1n) is 3.81. The first-order valence-corrected chi connectivity index (χ1v) is 3.81. The fourth-order valence-electron chi connectivity index (χ4n) is 0.903. The molecule has 0 amide bonds. The lowest BCUT2D eigenvalue weighted by Crippen LogP contribution is -2.04.